The van der Waals surface area contributed by atoms with Crippen LogP contribution in [0, 0.1) is 0 Å². The fraction of sp³-hybridized carbons (Fsp3) is 0.714. The van der Waals surface area contributed by atoms with Gasteiger partial charge in [0.1, 0.15) is 0 Å². The summed E-state index contributed by atoms with van der Waals surface area (Å²) in [6.07, 6.45) is 11.8. The van der Waals surface area contributed by atoms with Crippen LogP contribution in [0.1, 0.15) is 64.0 Å². The molecule has 0 saturated carbocycles. The Morgan fingerprint density at radius 3 is 2.50 bits per heavy atom. The number of rotatable bonds is 8. The third kappa shape index (κ3) is 4.84. The minimum absolute atomic E-state index is 0.342. The Balaban J connectivity index is 2.12. The number of nitrogens with zero attached hydrogens (tertiary/aromatic N) is 1. The van der Waals surface area contributed by atoms with E-state index in [-0.39, 0.29) is 6.10 Å². The number of hydrogen-bond donors (Lipinski definition) is 1. The molecule has 16 heavy (non-hydrogen) atoms. The molecule has 1 aromatic rings. The summed E-state index contributed by atoms with van der Waals surface area (Å²) in [5.41, 5.74) is 1.02. The maximum absolute atomic E-state index is 9.39. The zero-order chi connectivity index (χ0) is 11.8. The molecule has 0 aliphatic rings. The molecule has 0 aliphatic carbocycles. The van der Waals surface area contributed by atoms with Crippen LogP contribution in [0.4, 0.5) is 0 Å². The summed E-state index contributed by atoms with van der Waals surface area (Å²) < 4.78 is 2.18. The largest absolute Gasteiger partial charge is 0.389 e. The monoisotopic (exact) mass is 223 g/mol. The van der Waals surface area contributed by atoms with Crippen LogP contribution in [-0.4, -0.2) is 9.67 Å². The highest BCUT2D eigenvalue weighted by atomic mass is 16.3. The van der Waals surface area contributed by atoms with Crippen molar-refractivity contribution in [3.05, 3.63) is 24.0 Å². The second kappa shape index (κ2) is 7.50. The first-order chi connectivity index (χ1) is 7.74. The van der Waals surface area contributed by atoms with Gasteiger partial charge in [-0.3, -0.25) is 0 Å². The molecule has 0 aliphatic heterocycles. The maximum Gasteiger partial charge on any atom is 0.0776 e. The molecule has 1 atom stereocenters. The van der Waals surface area contributed by atoms with E-state index in [0.717, 1.165) is 12.1 Å². The first kappa shape index (κ1) is 13.3. The predicted octanol–water partition coefficient (Wildman–Crippen LogP) is 3.90. The van der Waals surface area contributed by atoms with Gasteiger partial charge in [0.2, 0.25) is 0 Å². The lowest BCUT2D eigenvalue weighted by Crippen LogP contribution is -1.95. The highest BCUT2D eigenvalue weighted by Gasteiger charge is 2.01. The Morgan fingerprint density at radius 2 is 1.88 bits per heavy atom. The van der Waals surface area contributed by atoms with Gasteiger partial charge >= 0.3 is 0 Å². The highest BCUT2D eigenvalue weighted by molar-refractivity contribution is 5.12. The summed E-state index contributed by atoms with van der Waals surface area (Å²) >= 11 is 0. The molecule has 2 heteroatoms. The topological polar surface area (TPSA) is 25.2 Å². The molecule has 0 bridgehead atoms. The molecule has 1 rings (SSSR count). The number of aryl methyl sites for hydroxylation is 1. The van der Waals surface area contributed by atoms with Crippen molar-refractivity contribution in [1.29, 1.82) is 0 Å². The van der Waals surface area contributed by atoms with Gasteiger partial charge < -0.3 is 9.67 Å². The van der Waals surface area contributed by atoms with Crippen molar-refractivity contribution in [2.75, 3.05) is 0 Å². The minimum atomic E-state index is -0.342. The number of hydrogen-bond acceptors (Lipinski definition) is 1. The first-order valence-corrected chi connectivity index (χ1v) is 6.57. The summed E-state index contributed by atoms with van der Waals surface area (Å²) in [5, 5.41) is 9.39. The van der Waals surface area contributed by atoms with Crippen molar-refractivity contribution in [3.8, 4) is 0 Å². The predicted molar refractivity (Wildman–Crippen MR) is 68.4 cm³/mol. The zero-order valence-corrected chi connectivity index (χ0v) is 10.7. The molecule has 0 spiro atoms. The van der Waals surface area contributed by atoms with Gasteiger partial charge in [-0.1, -0.05) is 39.0 Å². The Bertz CT molecular complexity index is 278. The first-order valence-electron chi connectivity index (χ1n) is 6.57. The normalized spacial score (nSPS) is 12.9. The summed E-state index contributed by atoms with van der Waals surface area (Å²) in [7, 11) is 0. The summed E-state index contributed by atoms with van der Waals surface area (Å²) in [5.74, 6) is 0. The molecule has 1 aromatic heterocycles. The summed E-state index contributed by atoms with van der Waals surface area (Å²) in [6, 6.07) is 2.00. The van der Waals surface area contributed by atoms with Crippen molar-refractivity contribution in [2.24, 2.45) is 0 Å². The zero-order valence-electron chi connectivity index (χ0n) is 10.7. The lowest BCUT2D eigenvalue weighted by Gasteiger charge is -2.03. The summed E-state index contributed by atoms with van der Waals surface area (Å²) in [4.78, 5) is 0. The number of aliphatic hydroxyl groups is 1. The van der Waals surface area contributed by atoms with Gasteiger partial charge in [-0.25, -0.2) is 0 Å². The van der Waals surface area contributed by atoms with Crippen LogP contribution in [0.2, 0.25) is 0 Å². The minimum Gasteiger partial charge on any atom is -0.389 e. The van der Waals surface area contributed by atoms with E-state index in [9.17, 15) is 5.11 Å². The van der Waals surface area contributed by atoms with Crippen molar-refractivity contribution in [2.45, 2.75) is 65.0 Å². The Hall–Kier alpha value is -0.760. The smallest absolute Gasteiger partial charge is 0.0776 e. The van der Waals surface area contributed by atoms with E-state index in [4.69, 9.17) is 0 Å². The van der Waals surface area contributed by atoms with Crippen LogP contribution < -0.4 is 0 Å². The fourth-order valence-corrected chi connectivity index (χ4v) is 1.92. The quantitative estimate of drug-likeness (QED) is 0.664. The average Bonchev–Trinajstić information content (AvgIpc) is 2.72. The molecule has 2 nitrogen and oxygen atoms in total. The Labute approximate surface area is 99.3 Å². The van der Waals surface area contributed by atoms with E-state index in [1.54, 1.807) is 0 Å². The molecule has 0 amide bonds. The Morgan fingerprint density at radius 1 is 1.19 bits per heavy atom. The van der Waals surface area contributed by atoms with Crippen molar-refractivity contribution in [1.82, 2.24) is 4.57 Å². The van der Waals surface area contributed by atoms with Crippen LogP contribution in [0.5, 0.6) is 0 Å². The van der Waals surface area contributed by atoms with Crippen LogP contribution in [0.15, 0.2) is 18.5 Å². The van der Waals surface area contributed by atoms with Gasteiger partial charge in [-0.2, -0.15) is 0 Å². The van der Waals surface area contributed by atoms with Crippen LogP contribution in [-0.2, 0) is 6.54 Å². The molecular formula is C14H25NO. The number of aliphatic hydroxyl groups excluding tert-OH is 1. The number of aromatic nitrogens is 1. The van der Waals surface area contributed by atoms with Gasteiger partial charge in [0.15, 0.2) is 0 Å². The second-order valence-electron chi connectivity index (χ2n) is 4.63. The second-order valence-corrected chi connectivity index (χ2v) is 4.63. The lowest BCUT2D eigenvalue weighted by atomic mass is 10.1. The van der Waals surface area contributed by atoms with Gasteiger partial charge in [-0.15, -0.1) is 0 Å². The molecular weight excluding hydrogens is 198 g/mol. The molecule has 0 fully saturated rings. The van der Waals surface area contributed by atoms with E-state index in [1.807, 2.05) is 13.0 Å². The standard InChI is InChI=1S/C14H25NO/c1-3-4-5-6-7-8-10-15-11-9-14(12-15)13(2)16/h9,11-13,16H,3-8,10H2,1-2H3. The van der Waals surface area contributed by atoms with E-state index in [1.165, 1.54) is 38.5 Å². The van der Waals surface area contributed by atoms with Crippen molar-refractivity contribution >= 4 is 0 Å². The maximum atomic E-state index is 9.39. The van der Waals surface area contributed by atoms with Crippen LogP contribution in [0.3, 0.4) is 0 Å². The van der Waals surface area contributed by atoms with E-state index < -0.39 is 0 Å². The highest BCUT2D eigenvalue weighted by Crippen LogP contribution is 2.13. The van der Waals surface area contributed by atoms with E-state index in [0.29, 0.717) is 0 Å². The molecule has 0 radical (unpaired) electrons. The number of unbranched alkanes of at least 4 members (excludes halogenated alkanes) is 5. The molecule has 92 valence electrons. The van der Waals surface area contributed by atoms with Gasteiger partial charge in [0.25, 0.3) is 0 Å². The molecule has 1 heterocycles. The van der Waals surface area contributed by atoms with Gasteiger partial charge in [-0.05, 0) is 25.0 Å². The fourth-order valence-electron chi connectivity index (χ4n) is 1.92. The van der Waals surface area contributed by atoms with E-state index >= 15 is 0 Å². The Kier molecular flexibility index (Phi) is 6.24. The van der Waals surface area contributed by atoms with E-state index in [2.05, 4.69) is 23.9 Å². The van der Waals surface area contributed by atoms with Crippen LogP contribution in [0.25, 0.3) is 0 Å². The van der Waals surface area contributed by atoms with Crippen molar-refractivity contribution < 1.29 is 5.11 Å². The van der Waals surface area contributed by atoms with Crippen LogP contribution >= 0.6 is 0 Å². The summed E-state index contributed by atoms with van der Waals surface area (Å²) in [6.45, 7) is 5.14. The molecule has 1 unspecified atom stereocenters. The molecule has 0 saturated heterocycles. The SMILES string of the molecule is CCCCCCCCn1ccc(C(C)O)c1. The van der Waals surface area contributed by atoms with Crippen molar-refractivity contribution in [3.63, 3.8) is 0 Å². The average molecular weight is 223 g/mol. The molecule has 1 N–H and O–H groups in total. The third-order valence-electron chi connectivity index (χ3n) is 3.03. The van der Waals surface area contributed by atoms with Gasteiger partial charge in [0, 0.05) is 18.9 Å². The molecule has 0 aromatic carbocycles. The third-order valence-corrected chi connectivity index (χ3v) is 3.03. The lowest BCUT2D eigenvalue weighted by molar-refractivity contribution is 0.199. The van der Waals surface area contributed by atoms with Gasteiger partial charge in [0.05, 0.1) is 6.10 Å².